The molecule has 0 amide bonds. The number of Topliss-reactive ketones (excluding diaryl/α,β-unsaturated/α-hetero) is 1. The zero-order valence-electron chi connectivity index (χ0n) is 21.3. The van der Waals surface area contributed by atoms with Crippen LogP contribution in [-0.2, 0) is 21.4 Å². The number of hydrogen-bond acceptors (Lipinski definition) is 8. The molecule has 1 aromatic heterocycles. The Morgan fingerprint density at radius 3 is 2.47 bits per heavy atom. The summed E-state index contributed by atoms with van der Waals surface area (Å²) in [4.78, 5) is 29.8. The minimum absolute atomic E-state index is 0.138. The number of aryl methyl sites for hydroxylation is 1. The summed E-state index contributed by atoms with van der Waals surface area (Å²) in [7, 11) is 1.76. The Labute approximate surface area is 202 Å². The van der Waals surface area contributed by atoms with Gasteiger partial charge in [-0.3, -0.25) is 9.59 Å². The van der Waals surface area contributed by atoms with Gasteiger partial charge >= 0.3 is 5.97 Å². The summed E-state index contributed by atoms with van der Waals surface area (Å²) in [5.41, 5.74) is -0.238. The highest BCUT2D eigenvalue weighted by atomic mass is 16.5. The third-order valence-corrected chi connectivity index (χ3v) is 7.15. The Morgan fingerprint density at radius 1 is 1.18 bits per heavy atom. The number of esters is 1. The summed E-state index contributed by atoms with van der Waals surface area (Å²) in [5, 5.41) is 36.2. The molecule has 0 radical (unpaired) electrons. The van der Waals surface area contributed by atoms with E-state index in [1.165, 1.54) is 6.33 Å². The lowest BCUT2D eigenvalue weighted by Gasteiger charge is -2.30. The van der Waals surface area contributed by atoms with Gasteiger partial charge in [0.1, 0.15) is 18.2 Å². The number of rotatable bonds is 2. The first-order valence-corrected chi connectivity index (χ1v) is 12.2. The van der Waals surface area contributed by atoms with Crippen LogP contribution in [0.5, 0.6) is 0 Å². The van der Waals surface area contributed by atoms with Crippen LogP contribution in [0.15, 0.2) is 11.9 Å². The van der Waals surface area contributed by atoms with E-state index in [0.29, 0.717) is 37.9 Å². The van der Waals surface area contributed by atoms with Crippen LogP contribution in [0.3, 0.4) is 0 Å². The Hall–Kier alpha value is -2.10. The van der Waals surface area contributed by atoms with Gasteiger partial charge in [-0.25, -0.2) is 9.67 Å². The number of ether oxygens (including phenoxy) is 1. The van der Waals surface area contributed by atoms with Crippen LogP contribution in [0.1, 0.15) is 79.0 Å². The van der Waals surface area contributed by atoms with Gasteiger partial charge in [0.15, 0.2) is 5.82 Å². The zero-order chi connectivity index (χ0) is 25.6. The molecular formula is C25H41N3O6. The van der Waals surface area contributed by atoms with Crippen molar-refractivity contribution < 1.29 is 29.6 Å². The van der Waals surface area contributed by atoms with E-state index < -0.39 is 41.7 Å². The molecular weight excluding hydrogens is 438 g/mol. The van der Waals surface area contributed by atoms with Gasteiger partial charge in [0.25, 0.3) is 0 Å². The molecule has 3 N–H and O–H groups in total. The number of cyclic esters (lactones) is 1. The molecule has 0 aromatic carbocycles. The van der Waals surface area contributed by atoms with Crippen molar-refractivity contribution in [2.24, 2.45) is 24.8 Å². The van der Waals surface area contributed by atoms with E-state index in [0.717, 1.165) is 5.57 Å². The molecule has 9 heteroatoms. The van der Waals surface area contributed by atoms with Crippen molar-refractivity contribution in [3.8, 4) is 0 Å². The minimum Gasteiger partial charge on any atom is -0.458 e. The van der Waals surface area contributed by atoms with Gasteiger partial charge in [0.05, 0.1) is 24.2 Å². The second kappa shape index (κ2) is 12.0. The molecule has 1 aliphatic heterocycles. The quantitative estimate of drug-likeness (QED) is 0.551. The van der Waals surface area contributed by atoms with E-state index in [1.807, 2.05) is 13.8 Å². The molecule has 2 heterocycles. The average molecular weight is 480 g/mol. The van der Waals surface area contributed by atoms with Crippen LogP contribution in [0.2, 0.25) is 0 Å². The average Bonchev–Trinajstić information content (AvgIpc) is 3.17. The van der Waals surface area contributed by atoms with E-state index in [-0.39, 0.29) is 18.1 Å². The first-order chi connectivity index (χ1) is 15.8. The highest BCUT2D eigenvalue weighted by molar-refractivity contribution is 5.84. The molecule has 0 spiro atoms. The molecule has 1 aromatic rings. The third kappa shape index (κ3) is 7.71. The Balaban J connectivity index is 2.28. The number of hydrogen-bond donors (Lipinski definition) is 3. The minimum atomic E-state index is -1.22. The fourth-order valence-corrected chi connectivity index (χ4v) is 4.47. The fraction of sp³-hybridized carbons (Fsp3) is 0.760. The molecule has 9 nitrogen and oxygen atoms in total. The normalized spacial score (nSPS) is 35.7. The van der Waals surface area contributed by atoms with E-state index in [4.69, 9.17) is 4.74 Å². The standard InChI is InChI=1S/C25H41N3O6/c1-15-8-7-10-25(5,33)11-9-20(16(2)12-21-26-14-27-28(21)6)34-22(30)13-19(29)17(3)24(32)18(4)23(15)31/h12,14-15,17-20,23,29,31,33H,7-11,13H2,1-6H3/b16-12+/t15-,17-,18+,19-,20-,23-,25+/m0/s1. The van der Waals surface area contributed by atoms with Gasteiger partial charge in [0.2, 0.25) is 0 Å². The monoisotopic (exact) mass is 479 g/mol. The zero-order valence-corrected chi connectivity index (χ0v) is 21.3. The second-order valence-electron chi connectivity index (χ2n) is 10.3. The van der Waals surface area contributed by atoms with E-state index in [1.54, 1.807) is 38.6 Å². The van der Waals surface area contributed by atoms with Crippen LogP contribution in [-0.4, -0.2) is 65.7 Å². The van der Waals surface area contributed by atoms with Gasteiger partial charge < -0.3 is 20.1 Å². The van der Waals surface area contributed by atoms with Gasteiger partial charge in [-0.2, -0.15) is 5.10 Å². The topological polar surface area (TPSA) is 135 Å². The third-order valence-electron chi connectivity index (χ3n) is 7.15. The smallest absolute Gasteiger partial charge is 0.309 e. The first kappa shape index (κ1) is 28.1. The number of carbonyl (C=O) groups excluding carboxylic acids is 2. The highest BCUT2D eigenvalue weighted by Gasteiger charge is 2.35. The van der Waals surface area contributed by atoms with Crippen LogP contribution in [0.4, 0.5) is 0 Å². The van der Waals surface area contributed by atoms with E-state index >= 15 is 0 Å². The lowest BCUT2D eigenvalue weighted by atomic mass is 9.81. The van der Waals surface area contributed by atoms with Crippen molar-refractivity contribution in [2.45, 2.75) is 97.1 Å². The number of ketones is 1. The van der Waals surface area contributed by atoms with Gasteiger partial charge in [-0.05, 0) is 57.1 Å². The number of nitrogens with zero attached hydrogens (tertiary/aromatic N) is 3. The van der Waals surface area contributed by atoms with Gasteiger partial charge in [-0.15, -0.1) is 0 Å². The maximum absolute atomic E-state index is 12.9. The summed E-state index contributed by atoms with van der Waals surface area (Å²) in [6, 6.07) is 0. The maximum Gasteiger partial charge on any atom is 0.309 e. The van der Waals surface area contributed by atoms with Crippen LogP contribution in [0, 0.1) is 17.8 Å². The Kier molecular flexibility index (Phi) is 9.96. The van der Waals surface area contributed by atoms with E-state index in [9.17, 15) is 24.9 Å². The molecule has 7 atom stereocenters. The lowest BCUT2D eigenvalue weighted by molar-refractivity contribution is -0.152. The molecule has 192 valence electrons. The number of aromatic nitrogens is 3. The molecule has 0 unspecified atom stereocenters. The number of aliphatic hydroxyl groups is 3. The van der Waals surface area contributed by atoms with Crippen LogP contribution < -0.4 is 0 Å². The largest absolute Gasteiger partial charge is 0.458 e. The van der Waals surface area contributed by atoms with Gasteiger partial charge in [-0.1, -0.05) is 27.2 Å². The van der Waals surface area contributed by atoms with Gasteiger partial charge in [0, 0.05) is 18.9 Å². The molecule has 1 saturated heterocycles. The molecule has 0 saturated carbocycles. The van der Waals surface area contributed by atoms with Crippen molar-refractivity contribution in [3.05, 3.63) is 17.7 Å². The van der Waals surface area contributed by atoms with E-state index in [2.05, 4.69) is 10.1 Å². The fourth-order valence-electron chi connectivity index (χ4n) is 4.47. The van der Waals surface area contributed by atoms with Crippen molar-refractivity contribution in [1.29, 1.82) is 0 Å². The SMILES string of the molecule is C/C(=C\c1ncnn1C)[C@@H]1CC[C@](C)(O)CCC[C@H](C)[C@H](O)[C@@H](C)C(=O)[C@@H](C)[C@@H](O)CC(=O)O1. The maximum atomic E-state index is 12.9. The van der Waals surface area contributed by atoms with Crippen molar-refractivity contribution in [1.82, 2.24) is 14.8 Å². The second-order valence-corrected chi connectivity index (χ2v) is 10.3. The molecule has 0 bridgehead atoms. The number of carbonyl (C=O) groups is 2. The predicted molar refractivity (Wildman–Crippen MR) is 127 cm³/mol. The Bertz CT molecular complexity index is 865. The summed E-state index contributed by atoms with van der Waals surface area (Å²) < 4.78 is 7.32. The predicted octanol–water partition coefficient (Wildman–Crippen LogP) is 2.43. The van der Waals surface area contributed by atoms with Crippen LogP contribution in [0.25, 0.3) is 6.08 Å². The van der Waals surface area contributed by atoms with Crippen molar-refractivity contribution in [3.63, 3.8) is 0 Å². The molecule has 1 fully saturated rings. The Morgan fingerprint density at radius 2 is 1.85 bits per heavy atom. The van der Waals surface area contributed by atoms with Crippen molar-refractivity contribution >= 4 is 17.8 Å². The van der Waals surface area contributed by atoms with Crippen molar-refractivity contribution in [2.75, 3.05) is 0 Å². The number of aliphatic hydroxyl groups excluding tert-OH is 2. The highest BCUT2D eigenvalue weighted by Crippen LogP contribution is 2.29. The summed E-state index contributed by atoms with van der Waals surface area (Å²) in [6.07, 6.45) is 2.84. The first-order valence-electron chi connectivity index (χ1n) is 12.2. The summed E-state index contributed by atoms with van der Waals surface area (Å²) in [5.74, 6) is -1.93. The molecule has 0 aliphatic carbocycles. The molecule has 2 rings (SSSR count). The summed E-state index contributed by atoms with van der Waals surface area (Å²) in [6.45, 7) is 8.70. The molecule has 1 aliphatic rings. The summed E-state index contributed by atoms with van der Waals surface area (Å²) >= 11 is 0. The lowest BCUT2D eigenvalue weighted by Crippen LogP contribution is -2.39. The van der Waals surface area contributed by atoms with Crippen LogP contribution >= 0.6 is 0 Å². The molecule has 34 heavy (non-hydrogen) atoms.